The largest absolute Gasteiger partial charge is 0.484 e. The molecule has 0 aromatic heterocycles. The molecule has 0 aliphatic carbocycles. The molecule has 8 nitrogen and oxygen atoms in total. The second-order valence-corrected chi connectivity index (χ2v) is 7.29. The van der Waals surface area contributed by atoms with Crippen molar-refractivity contribution < 1.29 is 31.7 Å². The van der Waals surface area contributed by atoms with Gasteiger partial charge in [-0.05, 0) is 43.3 Å². The molecule has 0 spiro atoms. The maximum atomic E-state index is 12.5. The highest BCUT2D eigenvalue weighted by Crippen LogP contribution is 2.23. The van der Waals surface area contributed by atoms with Gasteiger partial charge in [0, 0.05) is 17.3 Å². The van der Waals surface area contributed by atoms with Gasteiger partial charge in [0.05, 0.1) is 9.82 Å². The third-order valence-electron chi connectivity index (χ3n) is 3.44. The first kappa shape index (κ1) is 20.2. The number of carbonyl (C=O) groups excluding carboxylic acids is 1. The number of halogens is 2. The van der Waals surface area contributed by atoms with E-state index in [1.54, 1.807) is 0 Å². The van der Waals surface area contributed by atoms with E-state index < -0.39 is 37.9 Å². The summed E-state index contributed by atoms with van der Waals surface area (Å²) in [4.78, 5) is 21.5. The number of ether oxygens (including phenoxy) is 1. The van der Waals surface area contributed by atoms with Gasteiger partial charge in [0.2, 0.25) is 9.84 Å². The molecule has 2 aromatic rings. The molecular weight excluding hydrogens is 386 g/mol. The Bertz CT molecular complexity index is 961. The van der Waals surface area contributed by atoms with E-state index in [0.29, 0.717) is 5.56 Å². The molecule has 0 saturated heterocycles. The number of nitro groups is 1. The van der Waals surface area contributed by atoms with E-state index in [0.717, 1.165) is 12.1 Å². The standard InChI is InChI=1S/C16H14F2N2O6S/c1-10-8-12(4-7-14(10)20(22)23)26-9-15(21)19-11-2-5-13(6-3-11)27(24,25)16(17)18/h2-8,16H,9H2,1H3,(H,19,21). The van der Waals surface area contributed by atoms with E-state index in [1.165, 1.54) is 37.3 Å². The van der Waals surface area contributed by atoms with Crippen molar-refractivity contribution >= 4 is 27.1 Å². The molecule has 11 heteroatoms. The number of rotatable bonds is 7. The molecule has 0 heterocycles. The monoisotopic (exact) mass is 400 g/mol. The number of sulfone groups is 1. The van der Waals surface area contributed by atoms with Crippen molar-refractivity contribution in [2.24, 2.45) is 0 Å². The number of aryl methyl sites for hydroxylation is 1. The fraction of sp³-hybridized carbons (Fsp3) is 0.188. The molecule has 27 heavy (non-hydrogen) atoms. The average molecular weight is 400 g/mol. The lowest BCUT2D eigenvalue weighted by Gasteiger charge is -2.09. The summed E-state index contributed by atoms with van der Waals surface area (Å²) in [6, 6.07) is 8.27. The highest BCUT2D eigenvalue weighted by Gasteiger charge is 2.26. The topological polar surface area (TPSA) is 116 Å². The van der Waals surface area contributed by atoms with Crippen LogP contribution in [-0.2, 0) is 14.6 Å². The molecule has 144 valence electrons. The molecule has 1 amide bonds. The fourth-order valence-electron chi connectivity index (χ4n) is 2.10. The molecule has 2 rings (SSSR count). The number of anilines is 1. The Kier molecular flexibility index (Phi) is 6.05. The van der Waals surface area contributed by atoms with E-state index in [-0.39, 0.29) is 17.1 Å². The zero-order valence-electron chi connectivity index (χ0n) is 13.9. The predicted molar refractivity (Wildman–Crippen MR) is 91.6 cm³/mol. The number of nitrogens with zero attached hydrogens (tertiary/aromatic N) is 1. The van der Waals surface area contributed by atoms with Crippen molar-refractivity contribution in [3.8, 4) is 5.75 Å². The molecule has 0 bridgehead atoms. The molecule has 0 unspecified atom stereocenters. The Balaban J connectivity index is 1.96. The number of alkyl halides is 2. The van der Waals surface area contributed by atoms with Gasteiger partial charge < -0.3 is 10.1 Å². The summed E-state index contributed by atoms with van der Waals surface area (Å²) in [5.41, 5.74) is 0.482. The van der Waals surface area contributed by atoms with Gasteiger partial charge in [0.1, 0.15) is 5.75 Å². The molecular formula is C16H14F2N2O6S. The van der Waals surface area contributed by atoms with Gasteiger partial charge in [-0.3, -0.25) is 14.9 Å². The second kappa shape index (κ2) is 8.08. The maximum Gasteiger partial charge on any atom is 0.341 e. The molecule has 0 radical (unpaired) electrons. The van der Waals surface area contributed by atoms with E-state index >= 15 is 0 Å². The van der Waals surface area contributed by atoms with Gasteiger partial charge in [-0.1, -0.05) is 0 Å². The van der Waals surface area contributed by atoms with E-state index in [9.17, 15) is 32.1 Å². The summed E-state index contributed by atoms with van der Waals surface area (Å²) in [5.74, 6) is -3.86. The van der Waals surface area contributed by atoms with Crippen LogP contribution >= 0.6 is 0 Å². The summed E-state index contributed by atoms with van der Waals surface area (Å²) >= 11 is 0. The number of hydrogen-bond acceptors (Lipinski definition) is 6. The van der Waals surface area contributed by atoms with Gasteiger partial charge in [-0.2, -0.15) is 8.78 Å². The Morgan fingerprint density at radius 3 is 2.37 bits per heavy atom. The van der Waals surface area contributed by atoms with Crippen LogP contribution in [0.2, 0.25) is 0 Å². The normalized spacial score (nSPS) is 11.3. The van der Waals surface area contributed by atoms with Gasteiger partial charge in [0.15, 0.2) is 6.61 Å². The predicted octanol–water partition coefficient (Wildman–Crippen LogP) is 2.92. The molecule has 0 aliphatic rings. The lowest BCUT2D eigenvalue weighted by Crippen LogP contribution is -2.20. The van der Waals surface area contributed by atoms with Crippen molar-refractivity contribution in [3.05, 3.63) is 58.1 Å². The highest BCUT2D eigenvalue weighted by molar-refractivity contribution is 7.91. The van der Waals surface area contributed by atoms with E-state index in [1.807, 2.05) is 0 Å². The Hall–Kier alpha value is -3.08. The van der Waals surface area contributed by atoms with Crippen LogP contribution in [0.1, 0.15) is 5.56 Å². The maximum absolute atomic E-state index is 12.5. The van der Waals surface area contributed by atoms with Crippen molar-refractivity contribution in [2.75, 3.05) is 11.9 Å². The average Bonchev–Trinajstić information content (AvgIpc) is 2.60. The zero-order chi connectivity index (χ0) is 20.2. The summed E-state index contributed by atoms with van der Waals surface area (Å²) in [5, 5.41) is 13.2. The van der Waals surface area contributed by atoms with Crippen LogP contribution in [0.15, 0.2) is 47.4 Å². The summed E-state index contributed by atoms with van der Waals surface area (Å²) in [7, 11) is -4.70. The van der Waals surface area contributed by atoms with Crippen LogP contribution in [-0.4, -0.2) is 31.6 Å². The molecule has 0 aliphatic heterocycles. The minimum Gasteiger partial charge on any atom is -0.484 e. The minimum atomic E-state index is -4.70. The van der Waals surface area contributed by atoms with Crippen LogP contribution in [0.25, 0.3) is 0 Å². The van der Waals surface area contributed by atoms with Crippen molar-refractivity contribution in [3.63, 3.8) is 0 Å². The minimum absolute atomic E-state index is 0.0781. The number of amides is 1. The highest BCUT2D eigenvalue weighted by atomic mass is 32.2. The fourth-order valence-corrected chi connectivity index (χ4v) is 2.82. The summed E-state index contributed by atoms with van der Waals surface area (Å²) in [6.45, 7) is 1.12. The van der Waals surface area contributed by atoms with Crippen LogP contribution in [0, 0.1) is 17.0 Å². The first-order valence-electron chi connectivity index (χ1n) is 7.41. The molecule has 1 N–H and O–H groups in total. The van der Waals surface area contributed by atoms with Crippen LogP contribution in [0.5, 0.6) is 5.75 Å². The quantitative estimate of drug-likeness (QED) is 0.564. The van der Waals surface area contributed by atoms with E-state index in [2.05, 4.69) is 5.32 Å². The van der Waals surface area contributed by atoms with Gasteiger partial charge >= 0.3 is 5.76 Å². The number of nitrogens with one attached hydrogen (secondary N) is 1. The van der Waals surface area contributed by atoms with Crippen molar-refractivity contribution in [2.45, 2.75) is 17.6 Å². The number of benzene rings is 2. The van der Waals surface area contributed by atoms with Crippen LogP contribution in [0.3, 0.4) is 0 Å². The van der Waals surface area contributed by atoms with Crippen LogP contribution < -0.4 is 10.1 Å². The van der Waals surface area contributed by atoms with Crippen molar-refractivity contribution in [1.82, 2.24) is 0 Å². The zero-order valence-corrected chi connectivity index (χ0v) is 14.7. The first-order chi connectivity index (χ1) is 12.6. The Labute approximate surface area is 152 Å². The molecule has 0 atom stereocenters. The Morgan fingerprint density at radius 1 is 1.22 bits per heavy atom. The van der Waals surface area contributed by atoms with Crippen LogP contribution in [0.4, 0.5) is 20.2 Å². The number of carbonyl (C=O) groups is 1. The molecule has 2 aromatic carbocycles. The molecule has 0 fully saturated rings. The number of hydrogen-bond donors (Lipinski definition) is 1. The van der Waals surface area contributed by atoms with Crippen molar-refractivity contribution in [1.29, 1.82) is 0 Å². The lowest BCUT2D eigenvalue weighted by molar-refractivity contribution is -0.385. The summed E-state index contributed by atoms with van der Waals surface area (Å²) in [6.07, 6.45) is 0. The molecule has 0 saturated carbocycles. The summed E-state index contributed by atoms with van der Waals surface area (Å²) < 4.78 is 52.8. The lowest BCUT2D eigenvalue weighted by atomic mass is 10.2. The van der Waals surface area contributed by atoms with Gasteiger partial charge in [-0.25, -0.2) is 8.42 Å². The first-order valence-corrected chi connectivity index (χ1v) is 8.95. The third-order valence-corrected chi connectivity index (χ3v) is 4.83. The van der Waals surface area contributed by atoms with Gasteiger partial charge in [0.25, 0.3) is 11.6 Å². The van der Waals surface area contributed by atoms with Gasteiger partial charge in [-0.15, -0.1) is 0 Å². The SMILES string of the molecule is Cc1cc(OCC(=O)Nc2ccc(S(=O)(=O)C(F)F)cc2)ccc1[N+](=O)[O-]. The number of nitro benzene ring substituents is 1. The smallest absolute Gasteiger partial charge is 0.341 e. The Morgan fingerprint density at radius 2 is 1.85 bits per heavy atom. The third kappa shape index (κ3) is 4.97. The second-order valence-electron chi connectivity index (χ2n) is 5.37. The van der Waals surface area contributed by atoms with E-state index in [4.69, 9.17) is 4.74 Å².